The van der Waals surface area contributed by atoms with Crippen LogP contribution in [0, 0.1) is 0 Å². The van der Waals surface area contributed by atoms with Crippen molar-refractivity contribution >= 4 is 75.1 Å². The van der Waals surface area contributed by atoms with E-state index >= 15 is 0 Å². The van der Waals surface area contributed by atoms with E-state index in [1.165, 1.54) is 12.1 Å². The zero-order valence-corrected chi connectivity index (χ0v) is 21.2. The smallest absolute Gasteiger partial charge is 0.339 e. The van der Waals surface area contributed by atoms with E-state index in [1.54, 1.807) is 60.7 Å². The van der Waals surface area contributed by atoms with Crippen LogP contribution < -0.4 is 28.9 Å². The lowest BCUT2D eigenvalue weighted by molar-refractivity contribution is 0.473. The maximum Gasteiger partial charge on any atom is 0.401 e. The average Bonchev–Trinajstić information content (AvgIpc) is 3.43. The minimum absolute atomic E-state index is 0.0586. The first-order chi connectivity index (χ1) is 17.3. The normalized spacial score (nSPS) is 12.0. The summed E-state index contributed by atoms with van der Waals surface area (Å²) in [6.45, 7) is 0. The number of anilines is 2. The Morgan fingerprint density at radius 1 is 0.583 bits per heavy atom. The summed E-state index contributed by atoms with van der Waals surface area (Å²) in [5.74, 6) is 0. The van der Waals surface area contributed by atoms with Crippen LogP contribution in [0.1, 0.15) is 0 Å². The molecule has 0 unspecified atom stereocenters. The van der Waals surface area contributed by atoms with Crippen molar-refractivity contribution in [1.29, 1.82) is 0 Å². The van der Waals surface area contributed by atoms with Gasteiger partial charge in [-0.2, -0.15) is 16.8 Å². The molecule has 3 aromatic carbocycles. The predicted molar refractivity (Wildman–Crippen MR) is 138 cm³/mol. The molecule has 36 heavy (non-hydrogen) atoms. The summed E-state index contributed by atoms with van der Waals surface area (Å²) in [7, 11) is -8.61. The predicted octanol–water partition coefficient (Wildman–Crippen LogP) is 3.39. The first-order valence-corrected chi connectivity index (χ1v) is 14.5. The monoisotopic (exact) mass is 564 g/mol. The molecule has 0 bridgehead atoms. The lowest BCUT2D eigenvalue weighted by atomic mass is 10.3. The highest BCUT2D eigenvalue weighted by Crippen LogP contribution is 2.29. The number of nitrogens with one attached hydrogen (secondary N) is 4. The molecule has 2 aromatic heterocycles. The summed E-state index contributed by atoms with van der Waals surface area (Å²) in [5.41, 5.74) is 6.55. The summed E-state index contributed by atoms with van der Waals surface area (Å²) < 4.78 is 61.0. The SMILES string of the molecule is O=S(=O)(NNc1ccccc1NNS(=O)(=O)Oc1nc2ccccc2s1)Oc1nc2ccccc2s1. The van der Waals surface area contributed by atoms with Crippen LogP contribution >= 0.6 is 22.7 Å². The van der Waals surface area contributed by atoms with Gasteiger partial charge in [0.05, 0.1) is 31.8 Å². The molecular weight excluding hydrogens is 549 g/mol. The molecule has 0 radical (unpaired) electrons. The number of rotatable bonds is 10. The molecule has 0 saturated heterocycles. The van der Waals surface area contributed by atoms with Crippen molar-refractivity contribution in [3.8, 4) is 10.4 Å². The van der Waals surface area contributed by atoms with Gasteiger partial charge in [-0.1, -0.05) is 68.7 Å². The van der Waals surface area contributed by atoms with Crippen LogP contribution in [0.3, 0.4) is 0 Å². The highest BCUT2D eigenvalue weighted by Gasteiger charge is 2.18. The highest BCUT2D eigenvalue weighted by molar-refractivity contribution is 7.85. The van der Waals surface area contributed by atoms with Crippen molar-refractivity contribution < 1.29 is 25.2 Å². The molecule has 5 rings (SSSR count). The van der Waals surface area contributed by atoms with Gasteiger partial charge in [-0.25, -0.2) is 9.97 Å². The van der Waals surface area contributed by atoms with Gasteiger partial charge in [-0.05, 0) is 36.4 Å². The van der Waals surface area contributed by atoms with Gasteiger partial charge in [0.15, 0.2) is 0 Å². The molecule has 0 amide bonds. The largest absolute Gasteiger partial charge is 0.401 e. The number of para-hydroxylation sites is 4. The molecular formula is C20H16N6O6S4. The van der Waals surface area contributed by atoms with Gasteiger partial charge in [-0.15, -0.1) is 0 Å². The Morgan fingerprint density at radius 3 is 1.39 bits per heavy atom. The number of hydrogen-bond acceptors (Lipinski definition) is 12. The molecule has 4 N–H and O–H groups in total. The number of aromatic nitrogens is 2. The van der Waals surface area contributed by atoms with E-state index in [-0.39, 0.29) is 21.8 Å². The van der Waals surface area contributed by atoms with Crippen LogP contribution in [-0.2, 0) is 20.6 Å². The molecule has 0 aliphatic rings. The van der Waals surface area contributed by atoms with Crippen molar-refractivity contribution in [2.75, 3.05) is 10.9 Å². The molecule has 2 heterocycles. The zero-order chi connectivity index (χ0) is 25.2. The summed E-state index contributed by atoms with van der Waals surface area (Å²) in [6, 6.07) is 20.5. The van der Waals surface area contributed by atoms with Gasteiger partial charge >= 0.3 is 20.6 Å². The van der Waals surface area contributed by atoms with Gasteiger partial charge in [0, 0.05) is 0 Å². The second kappa shape index (κ2) is 9.84. The highest BCUT2D eigenvalue weighted by atomic mass is 32.2. The molecule has 5 aromatic rings. The second-order valence-corrected chi connectivity index (χ2v) is 11.5. The van der Waals surface area contributed by atoms with Crippen molar-refractivity contribution in [1.82, 2.24) is 19.6 Å². The Kier molecular flexibility index (Phi) is 6.61. The van der Waals surface area contributed by atoms with Crippen LogP contribution in [-0.4, -0.2) is 26.8 Å². The number of benzene rings is 3. The number of thiazole rings is 2. The van der Waals surface area contributed by atoms with E-state index in [0.29, 0.717) is 11.0 Å². The molecule has 0 fully saturated rings. The molecule has 0 aliphatic carbocycles. The Labute approximate surface area is 213 Å². The third-order valence-corrected chi connectivity index (χ3v) is 7.96. The fourth-order valence-corrected chi connectivity index (χ4v) is 6.15. The average molecular weight is 565 g/mol. The van der Waals surface area contributed by atoms with Crippen LogP contribution in [0.2, 0.25) is 0 Å². The molecule has 0 atom stereocenters. The summed E-state index contributed by atoms with van der Waals surface area (Å²) in [4.78, 5) is 12.4. The van der Waals surface area contributed by atoms with Crippen molar-refractivity contribution in [2.45, 2.75) is 0 Å². The topological polar surface area (TPSA) is 161 Å². The Bertz CT molecular complexity index is 1560. The van der Waals surface area contributed by atoms with E-state index in [2.05, 4.69) is 30.5 Å². The number of nitrogens with zero attached hydrogens (tertiary/aromatic N) is 2. The van der Waals surface area contributed by atoms with Crippen LogP contribution in [0.5, 0.6) is 10.4 Å². The molecule has 0 spiro atoms. The van der Waals surface area contributed by atoms with E-state index in [9.17, 15) is 16.8 Å². The van der Waals surface area contributed by atoms with E-state index in [0.717, 1.165) is 32.1 Å². The Balaban J connectivity index is 1.22. The maximum absolute atomic E-state index is 12.4. The molecule has 12 nitrogen and oxygen atoms in total. The van der Waals surface area contributed by atoms with Crippen molar-refractivity contribution in [3.63, 3.8) is 0 Å². The van der Waals surface area contributed by atoms with Gasteiger partial charge in [0.1, 0.15) is 0 Å². The minimum atomic E-state index is -4.31. The quantitative estimate of drug-likeness (QED) is 0.185. The van der Waals surface area contributed by atoms with Crippen LogP contribution in [0.25, 0.3) is 20.4 Å². The fraction of sp³-hybridized carbons (Fsp3) is 0. The van der Waals surface area contributed by atoms with E-state index in [4.69, 9.17) is 8.37 Å². The van der Waals surface area contributed by atoms with Crippen molar-refractivity contribution in [3.05, 3.63) is 72.8 Å². The van der Waals surface area contributed by atoms with Gasteiger partial charge in [-0.3, -0.25) is 0 Å². The molecule has 0 aliphatic heterocycles. The lowest BCUT2D eigenvalue weighted by Crippen LogP contribution is -2.35. The Hall–Kier alpha value is -3.54. The minimum Gasteiger partial charge on any atom is -0.339 e. The lowest BCUT2D eigenvalue weighted by Gasteiger charge is -2.14. The second-order valence-electron chi connectivity index (χ2n) is 6.97. The zero-order valence-electron chi connectivity index (χ0n) is 17.9. The Morgan fingerprint density at radius 2 is 0.972 bits per heavy atom. The third kappa shape index (κ3) is 5.81. The standard InChI is InChI=1S/C20H16N6O6S4/c27-35(28,31-19-21-15-9-3-5-11-17(15)33-19)25-23-13-7-1-2-8-14(13)24-26-36(29,30)32-20-22-16-10-4-6-12-18(16)34-20/h1-12,23-26H. The van der Waals surface area contributed by atoms with Gasteiger partial charge < -0.3 is 19.2 Å². The fourth-order valence-electron chi connectivity index (χ4n) is 2.94. The summed E-state index contributed by atoms with van der Waals surface area (Å²) >= 11 is 2.15. The summed E-state index contributed by atoms with van der Waals surface area (Å²) in [5, 5.41) is -0.117. The number of hydrazine groups is 2. The first kappa shape index (κ1) is 24.2. The molecule has 186 valence electrons. The number of hydrogen-bond donors (Lipinski definition) is 4. The molecule has 0 saturated carbocycles. The molecule has 16 heteroatoms. The van der Waals surface area contributed by atoms with Crippen LogP contribution in [0.4, 0.5) is 11.4 Å². The third-order valence-electron chi connectivity index (χ3n) is 4.46. The van der Waals surface area contributed by atoms with Gasteiger partial charge in [0.2, 0.25) is 0 Å². The maximum atomic E-state index is 12.4. The van der Waals surface area contributed by atoms with Crippen LogP contribution in [0.15, 0.2) is 72.8 Å². The van der Waals surface area contributed by atoms with E-state index in [1.807, 2.05) is 0 Å². The first-order valence-electron chi connectivity index (χ1n) is 10.0. The van der Waals surface area contributed by atoms with Crippen molar-refractivity contribution in [2.24, 2.45) is 0 Å². The number of fused-ring (bicyclic) bond motifs is 2. The van der Waals surface area contributed by atoms with Gasteiger partial charge in [0.25, 0.3) is 10.4 Å². The summed E-state index contributed by atoms with van der Waals surface area (Å²) in [6.07, 6.45) is 0. The van der Waals surface area contributed by atoms with E-state index < -0.39 is 20.6 Å².